The van der Waals surface area contributed by atoms with Gasteiger partial charge in [0.2, 0.25) is 11.8 Å². The summed E-state index contributed by atoms with van der Waals surface area (Å²) in [6, 6.07) is 4.16. The minimum Gasteiger partial charge on any atom is -0.493 e. The summed E-state index contributed by atoms with van der Waals surface area (Å²) in [5.74, 6) is -0.706. The van der Waals surface area contributed by atoms with Gasteiger partial charge in [-0.25, -0.2) is 4.79 Å². The van der Waals surface area contributed by atoms with Crippen LogP contribution < -0.4 is 10.1 Å². The molecule has 3 heterocycles. The largest absolute Gasteiger partial charge is 0.493 e. The normalized spacial score (nSPS) is 28.0. The van der Waals surface area contributed by atoms with E-state index in [1.54, 1.807) is 0 Å². The van der Waals surface area contributed by atoms with E-state index >= 15 is 0 Å². The van der Waals surface area contributed by atoms with Crippen molar-refractivity contribution < 1.29 is 24.2 Å². The highest BCUT2D eigenvalue weighted by molar-refractivity contribution is 8.01. The van der Waals surface area contributed by atoms with Crippen LogP contribution in [0.15, 0.2) is 18.2 Å². The molecule has 3 unspecified atom stereocenters. The average Bonchev–Trinajstić information content (AvgIpc) is 3.12. The summed E-state index contributed by atoms with van der Waals surface area (Å²) in [7, 11) is 0. The number of carbonyl (C=O) groups is 3. The second-order valence-electron chi connectivity index (χ2n) is 7.36. The number of amides is 2. The average molecular weight is 376 g/mol. The Balaban J connectivity index is 1.42. The number of aliphatic carboxylic acids is 1. The number of hydrogen-bond acceptors (Lipinski definition) is 5. The number of thioether (sulfide) groups is 1. The zero-order chi connectivity index (χ0) is 18.6. The molecule has 0 spiro atoms. The molecule has 8 heteroatoms. The van der Waals surface area contributed by atoms with Crippen LogP contribution in [0.25, 0.3) is 0 Å². The summed E-state index contributed by atoms with van der Waals surface area (Å²) in [6.45, 7) is 4.29. The van der Waals surface area contributed by atoms with Crippen molar-refractivity contribution in [3.05, 3.63) is 29.3 Å². The summed E-state index contributed by atoms with van der Waals surface area (Å²) >= 11 is 1.42. The van der Waals surface area contributed by atoms with Crippen LogP contribution in [-0.2, 0) is 27.2 Å². The highest BCUT2D eigenvalue weighted by Crippen LogP contribution is 2.50. The first-order chi connectivity index (χ1) is 12.3. The summed E-state index contributed by atoms with van der Waals surface area (Å²) in [5, 5.41) is 11.9. The number of hydrogen-bond donors (Lipinski definition) is 2. The van der Waals surface area contributed by atoms with Crippen molar-refractivity contribution >= 4 is 29.5 Å². The van der Waals surface area contributed by atoms with Crippen LogP contribution in [0.2, 0.25) is 0 Å². The Morgan fingerprint density at radius 2 is 2.19 bits per heavy atom. The van der Waals surface area contributed by atoms with Gasteiger partial charge in [0.25, 0.3) is 0 Å². The third kappa shape index (κ3) is 2.63. The van der Waals surface area contributed by atoms with Crippen molar-refractivity contribution in [3.8, 4) is 5.75 Å². The molecular formula is C18H20N2O5S. The van der Waals surface area contributed by atoms with E-state index in [0.29, 0.717) is 6.61 Å². The third-order valence-corrected chi connectivity index (χ3v) is 6.68. The number of carbonyl (C=O) groups excluding carboxylic acids is 2. The number of fused-ring (bicyclic) bond motifs is 2. The van der Waals surface area contributed by atoms with E-state index in [-0.39, 0.29) is 23.6 Å². The molecule has 0 aromatic heterocycles. The lowest BCUT2D eigenvalue weighted by molar-refractivity contribution is -0.161. The fourth-order valence-electron chi connectivity index (χ4n) is 3.91. The molecule has 3 aliphatic rings. The van der Waals surface area contributed by atoms with Gasteiger partial charge in [-0.15, -0.1) is 11.8 Å². The molecule has 0 bridgehead atoms. The van der Waals surface area contributed by atoms with Gasteiger partial charge in [-0.1, -0.05) is 12.1 Å². The Morgan fingerprint density at radius 3 is 2.92 bits per heavy atom. The molecule has 0 saturated carbocycles. The van der Waals surface area contributed by atoms with Gasteiger partial charge in [0.05, 0.1) is 13.0 Å². The quantitative estimate of drug-likeness (QED) is 0.755. The lowest BCUT2D eigenvalue weighted by atomic mass is 9.96. The number of ether oxygens (including phenoxy) is 1. The molecule has 0 aliphatic carbocycles. The van der Waals surface area contributed by atoms with Crippen molar-refractivity contribution in [2.45, 2.75) is 48.9 Å². The maximum atomic E-state index is 12.4. The number of nitrogens with one attached hydrogen (secondary N) is 1. The first-order valence-electron chi connectivity index (χ1n) is 8.55. The molecule has 3 atom stereocenters. The predicted molar refractivity (Wildman–Crippen MR) is 95.0 cm³/mol. The van der Waals surface area contributed by atoms with Crippen LogP contribution in [0, 0.1) is 0 Å². The smallest absolute Gasteiger partial charge is 0.327 e. The number of nitrogens with zero attached hydrogens (tertiary/aromatic N) is 1. The maximum absolute atomic E-state index is 12.4. The van der Waals surface area contributed by atoms with Crippen LogP contribution >= 0.6 is 11.8 Å². The van der Waals surface area contributed by atoms with Gasteiger partial charge >= 0.3 is 5.97 Å². The zero-order valence-electron chi connectivity index (χ0n) is 14.5. The fourth-order valence-corrected chi connectivity index (χ4v) is 5.53. The van der Waals surface area contributed by atoms with Crippen LogP contribution in [0.4, 0.5) is 0 Å². The second-order valence-corrected chi connectivity index (χ2v) is 9.13. The molecule has 2 amide bonds. The highest BCUT2D eigenvalue weighted by Gasteiger charge is 2.64. The molecular weight excluding hydrogens is 356 g/mol. The molecule has 1 aromatic carbocycles. The van der Waals surface area contributed by atoms with Crippen molar-refractivity contribution in [1.82, 2.24) is 10.2 Å². The van der Waals surface area contributed by atoms with Crippen LogP contribution in [0.3, 0.4) is 0 Å². The Labute approximate surface area is 155 Å². The summed E-state index contributed by atoms with van der Waals surface area (Å²) in [6.07, 6.45) is 1.02. The number of carboxylic acid groups (broad SMARTS) is 1. The molecule has 2 saturated heterocycles. The maximum Gasteiger partial charge on any atom is 0.327 e. The van der Waals surface area contributed by atoms with Crippen molar-refractivity contribution in [1.29, 1.82) is 0 Å². The van der Waals surface area contributed by atoms with Crippen molar-refractivity contribution in [2.75, 3.05) is 6.61 Å². The van der Waals surface area contributed by atoms with Gasteiger partial charge in [-0.2, -0.15) is 0 Å². The Kier molecular flexibility index (Phi) is 3.91. The molecule has 26 heavy (non-hydrogen) atoms. The SMILES string of the molecule is CC1(C)SC2C(NC(=O)Cc3ccc4c(c3)CCO4)C(=O)N2C1C(=O)O. The van der Waals surface area contributed by atoms with E-state index in [1.165, 1.54) is 16.7 Å². The monoisotopic (exact) mass is 376 g/mol. The number of benzene rings is 1. The lowest BCUT2D eigenvalue weighted by Crippen LogP contribution is -2.70. The van der Waals surface area contributed by atoms with E-state index in [9.17, 15) is 19.5 Å². The minimum atomic E-state index is -1.01. The number of β-lactam (4-membered cyclic amide) rings is 1. The van der Waals surface area contributed by atoms with E-state index < -0.39 is 22.8 Å². The van der Waals surface area contributed by atoms with Gasteiger partial charge in [0, 0.05) is 11.2 Å². The Hall–Kier alpha value is -2.22. The van der Waals surface area contributed by atoms with Gasteiger partial charge in [-0.05, 0) is 31.0 Å². The third-order valence-electron chi connectivity index (χ3n) is 5.11. The highest BCUT2D eigenvalue weighted by atomic mass is 32.2. The van der Waals surface area contributed by atoms with Gasteiger partial charge in [-0.3, -0.25) is 9.59 Å². The first kappa shape index (κ1) is 17.2. The molecule has 4 rings (SSSR count). The Bertz CT molecular complexity index is 809. The second kappa shape index (κ2) is 5.90. The van der Waals surface area contributed by atoms with Crippen LogP contribution in [0.5, 0.6) is 5.75 Å². The van der Waals surface area contributed by atoms with Crippen LogP contribution in [0.1, 0.15) is 25.0 Å². The molecule has 7 nitrogen and oxygen atoms in total. The predicted octanol–water partition coefficient (Wildman–Crippen LogP) is 0.796. The fraction of sp³-hybridized carbons (Fsp3) is 0.500. The van der Waals surface area contributed by atoms with Crippen molar-refractivity contribution in [3.63, 3.8) is 0 Å². The van der Waals surface area contributed by atoms with E-state index in [2.05, 4.69) is 5.32 Å². The van der Waals surface area contributed by atoms with E-state index in [4.69, 9.17) is 4.74 Å². The molecule has 3 aliphatic heterocycles. The van der Waals surface area contributed by atoms with E-state index in [0.717, 1.165) is 23.3 Å². The van der Waals surface area contributed by atoms with Crippen molar-refractivity contribution in [2.24, 2.45) is 0 Å². The topological polar surface area (TPSA) is 95.9 Å². The zero-order valence-corrected chi connectivity index (χ0v) is 15.3. The minimum absolute atomic E-state index is 0.181. The summed E-state index contributed by atoms with van der Waals surface area (Å²) in [4.78, 5) is 37.7. The summed E-state index contributed by atoms with van der Waals surface area (Å²) in [5.41, 5.74) is 1.97. The summed E-state index contributed by atoms with van der Waals surface area (Å²) < 4.78 is 4.87. The molecule has 1 aromatic rings. The molecule has 2 fully saturated rings. The molecule has 0 radical (unpaired) electrons. The van der Waals surface area contributed by atoms with Gasteiger partial charge in [0.15, 0.2) is 0 Å². The molecule has 2 N–H and O–H groups in total. The number of carboxylic acids is 1. The van der Waals surface area contributed by atoms with E-state index in [1.807, 2.05) is 32.0 Å². The molecule has 138 valence electrons. The van der Waals surface area contributed by atoms with Gasteiger partial charge in [0.1, 0.15) is 23.2 Å². The Morgan fingerprint density at radius 1 is 1.42 bits per heavy atom. The standard InChI is InChI=1S/C18H20N2O5S/c1-18(2)14(17(23)24)20-15(22)13(16(20)26-18)19-12(21)8-9-3-4-11-10(7-9)5-6-25-11/h3-4,7,13-14,16H,5-6,8H2,1-2H3,(H,19,21)(H,23,24). The van der Waals surface area contributed by atoms with Gasteiger partial charge < -0.3 is 20.1 Å². The van der Waals surface area contributed by atoms with Crippen LogP contribution in [-0.4, -0.2) is 56.6 Å². The first-order valence-corrected chi connectivity index (χ1v) is 9.42. The number of rotatable bonds is 4. The lowest BCUT2D eigenvalue weighted by Gasteiger charge is -2.43.